The molecule has 0 unspecified atom stereocenters. The predicted molar refractivity (Wildman–Crippen MR) is 144 cm³/mol. The zero-order valence-corrected chi connectivity index (χ0v) is 23.0. The molecule has 3 aromatic rings. The van der Waals surface area contributed by atoms with Gasteiger partial charge in [-0.3, -0.25) is 9.78 Å². The summed E-state index contributed by atoms with van der Waals surface area (Å²) in [6, 6.07) is 10.4. The van der Waals surface area contributed by atoms with Crippen LogP contribution in [0, 0.1) is 17.7 Å². The van der Waals surface area contributed by atoms with Crippen molar-refractivity contribution in [3.63, 3.8) is 0 Å². The number of carbonyl (C=O) groups is 1. The fraction of sp³-hybridized carbons (Fsp3) is 0.393. The van der Waals surface area contributed by atoms with Gasteiger partial charge in [0.1, 0.15) is 22.3 Å². The number of pyridine rings is 2. The van der Waals surface area contributed by atoms with Crippen molar-refractivity contribution in [2.75, 3.05) is 18.1 Å². The molecule has 0 radical (unpaired) electrons. The minimum Gasteiger partial charge on any atom is -0.493 e. The van der Waals surface area contributed by atoms with Gasteiger partial charge in [-0.1, -0.05) is 20.8 Å². The maximum absolute atomic E-state index is 14.5. The molecule has 1 N–H and O–H groups in total. The van der Waals surface area contributed by atoms with Gasteiger partial charge in [-0.05, 0) is 68.5 Å². The molecule has 1 aliphatic heterocycles. The van der Waals surface area contributed by atoms with Crippen LogP contribution in [0.5, 0.6) is 5.75 Å². The van der Waals surface area contributed by atoms with Crippen molar-refractivity contribution < 1.29 is 22.3 Å². The first-order valence-electron chi connectivity index (χ1n) is 12.6. The van der Waals surface area contributed by atoms with Gasteiger partial charge in [-0.2, -0.15) is 0 Å². The van der Waals surface area contributed by atoms with Gasteiger partial charge in [-0.25, -0.2) is 22.5 Å². The molecule has 10 heteroatoms. The first kappa shape index (κ1) is 27.5. The van der Waals surface area contributed by atoms with E-state index in [0.29, 0.717) is 41.9 Å². The summed E-state index contributed by atoms with van der Waals surface area (Å²) in [5.74, 6) is 0.0473. The highest BCUT2D eigenvalue weighted by Crippen LogP contribution is 2.38. The van der Waals surface area contributed by atoms with E-state index in [-0.39, 0.29) is 21.9 Å². The number of benzene rings is 1. The standard InChI is InChI=1S/C28H33FN4O4S/c1-18(2)17-37-22-12-20(11-21(29)13-22)25-9-8-24(26(31-25)33-16-19(3)14-28(33,4)5)27(34)32-38(35,36)23-7-6-10-30-15-23/h6-13,15,18-19H,14,16-17H2,1-5H3,(H,32,34)/t19-/m0/s1. The maximum atomic E-state index is 14.5. The second-order valence-electron chi connectivity index (χ2n) is 10.8. The molecular formula is C28H33FN4O4S. The molecule has 0 aliphatic carbocycles. The van der Waals surface area contributed by atoms with Gasteiger partial charge in [0.2, 0.25) is 0 Å². The Kier molecular flexibility index (Phi) is 7.73. The summed E-state index contributed by atoms with van der Waals surface area (Å²) >= 11 is 0. The Balaban J connectivity index is 1.76. The molecule has 8 nitrogen and oxygen atoms in total. The Bertz CT molecular complexity index is 1430. The number of hydrogen-bond donors (Lipinski definition) is 1. The molecule has 1 aliphatic rings. The van der Waals surface area contributed by atoms with Crippen molar-refractivity contribution in [3.05, 3.63) is 66.2 Å². The Morgan fingerprint density at radius 2 is 2.00 bits per heavy atom. The van der Waals surface area contributed by atoms with Crippen molar-refractivity contribution in [2.24, 2.45) is 11.8 Å². The van der Waals surface area contributed by atoms with E-state index in [0.717, 1.165) is 6.42 Å². The predicted octanol–water partition coefficient (Wildman–Crippen LogP) is 5.06. The molecule has 2 aromatic heterocycles. The van der Waals surface area contributed by atoms with Crippen LogP contribution in [0.25, 0.3) is 11.3 Å². The molecule has 1 saturated heterocycles. The van der Waals surface area contributed by atoms with E-state index in [2.05, 4.69) is 30.5 Å². The molecule has 1 fully saturated rings. The van der Waals surface area contributed by atoms with E-state index < -0.39 is 21.7 Å². The molecule has 38 heavy (non-hydrogen) atoms. The summed E-state index contributed by atoms with van der Waals surface area (Å²) in [5, 5.41) is 0. The fourth-order valence-corrected chi connectivity index (χ4v) is 5.68. The molecular weight excluding hydrogens is 507 g/mol. The Morgan fingerprint density at radius 1 is 1.24 bits per heavy atom. The number of rotatable bonds is 8. The van der Waals surface area contributed by atoms with E-state index in [9.17, 15) is 17.6 Å². The number of halogens is 1. The van der Waals surface area contributed by atoms with Crippen LogP contribution in [-0.4, -0.2) is 43.0 Å². The van der Waals surface area contributed by atoms with Gasteiger partial charge in [-0.15, -0.1) is 0 Å². The number of sulfonamides is 1. The van der Waals surface area contributed by atoms with E-state index in [1.165, 1.54) is 42.7 Å². The minimum atomic E-state index is -4.15. The lowest BCUT2D eigenvalue weighted by atomic mass is 9.97. The van der Waals surface area contributed by atoms with Crippen LogP contribution in [-0.2, 0) is 10.0 Å². The maximum Gasteiger partial charge on any atom is 0.268 e. The van der Waals surface area contributed by atoms with Crippen LogP contribution in [0.2, 0.25) is 0 Å². The second kappa shape index (κ2) is 10.7. The first-order chi connectivity index (χ1) is 17.9. The summed E-state index contributed by atoms with van der Waals surface area (Å²) in [6.45, 7) is 11.3. The van der Waals surface area contributed by atoms with Crippen molar-refractivity contribution in [2.45, 2.75) is 51.5 Å². The van der Waals surface area contributed by atoms with Crippen LogP contribution in [0.4, 0.5) is 10.2 Å². The summed E-state index contributed by atoms with van der Waals surface area (Å²) in [6.07, 6.45) is 3.48. The highest BCUT2D eigenvalue weighted by Gasteiger charge is 2.39. The number of amides is 1. The van der Waals surface area contributed by atoms with E-state index >= 15 is 0 Å². The van der Waals surface area contributed by atoms with Gasteiger partial charge < -0.3 is 9.64 Å². The van der Waals surface area contributed by atoms with E-state index in [4.69, 9.17) is 9.72 Å². The van der Waals surface area contributed by atoms with Crippen molar-refractivity contribution in [1.82, 2.24) is 14.7 Å². The van der Waals surface area contributed by atoms with Crippen LogP contribution < -0.4 is 14.4 Å². The summed E-state index contributed by atoms with van der Waals surface area (Å²) in [5.41, 5.74) is 0.701. The van der Waals surface area contributed by atoms with Crippen molar-refractivity contribution in [3.8, 4) is 17.0 Å². The summed E-state index contributed by atoms with van der Waals surface area (Å²) < 4.78 is 48.1. The largest absolute Gasteiger partial charge is 0.493 e. The topological polar surface area (TPSA) is 101 Å². The quantitative estimate of drug-likeness (QED) is 0.426. The Morgan fingerprint density at radius 3 is 2.63 bits per heavy atom. The fourth-order valence-electron chi connectivity index (χ4n) is 4.75. The van der Waals surface area contributed by atoms with E-state index in [1.54, 1.807) is 12.1 Å². The van der Waals surface area contributed by atoms with Gasteiger partial charge in [0, 0.05) is 36.1 Å². The average molecular weight is 541 g/mol. The van der Waals surface area contributed by atoms with Crippen molar-refractivity contribution in [1.29, 1.82) is 0 Å². The van der Waals surface area contributed by atoms with Crippen LogP contribution in [0.3, 0.4) is 0 Å². The molecule has 1 atom stereocenters. The van der Waals surface area contributed by atoms with Crippen LogP contribution in [0.1, 0.15) is 51.4 Å². The molecule has 0 bridgehead atoms. The molecule has 4 rings (SSSR count). The average Bonchev–Trinajstić information content (AvgIpc) is 3.13. The zero-order chi connectivity index (χ0) is 27.7. The van der Waals surface area contributed by atoms with Gasteiger partial charge in [0.15, 0.2) is 0 Å². The van der Waals surface area contributed by atoms with Gasteiger partial charge in [0.05, 0.1) is 17.9 Å². The third-order valence-electron chi connectivity index (χ3n) is 6.37. The molecule has 0 spiro atoms. The highest BCUT2D eigenvalue weighted by molar-refractivity contribution is 7.90. The van der Waals surface area contributed by atoms with E-state index in [1.807, 2.05) is 18.7 Å². The zero-order valence-electron chi connectivity index (χ0n) is 22.2. The lowest BCUT2D eigenvalue weighted by Gasteiger charge is -2.34. The van der Waals surface area contributed by atoms with Crippen LogP contribution in [0.15, 0.2) is 59.8 Å². The number of aromatic nitrogens is 2. The number of carbonyl (C=O) groups excluding carboxylic acids is 1. The number of nitrogens with zero attached hydrogens (tertiary/aromatic N) is 3. The smallest absolute Gasteiger partial charge is 0.268 e. The third kappa shape index (κ3) is 6.12. The lowest BCUT2D eigenvalue weighted by molar-refractivity contribution is 0.0981. The number of anilines is 1. The number of ether oxygens (including phenoxy) is 1. The third-order valence-corrected chi connectivity index (χ3v) is 7.69. The van der Waals surface area contributed by atoms with Crippen LogP contribution >= 0.6 is 0 Å². The molecule has 0 saturated carbocycles. The number of nitrogens with one attached hydrogen (secondary N) is 1. The first-order valence-corrected chi connectivity index (χ1v) is 14.0. The molecule has 1 aromatic carbocycles. The second-order valence-corrected chi connectivity index (χ2v) is 12.5. The van der Waals surface area contributed by atoms with Gasteiger partial charge >= 0.3 is 0 Å². The Labute approximate surface area is 223 Å². The highest BCUT2D eigenvalue weighted by atomic mass is 32.2. The normalized spacial score (nSPS) is 17.0. The van der Waals surface area contributed by atoms with Gasteiger partial charge in [0.25, 0.3) is 15.9 Å². The SMILES string of the molecule is CC(C)COc1cc(F)cc(-c2ccc(C(=O)NS(=O)(=O)c3cccnc3)c(N3C[C@@H](C)CC3(C)C)n2)c1. The Hall–Kier alpha value is -3.53. The minimum absolute atomic E-state index is 0.107. The lowest BCUT2D eigenvalue weighted by Crippen LogP contribution is -2.41. The molecule has 3 heterocycles. The summed E-state index contributed by atoms with van der Waals surface area (Å²) in [7, 11) is -4.15. The summed E-state index contributed by atoms with van der Waals surface area (Å²) in [4.78, 5) is 23.9. The monoisotopic (exact) mass is 540 g/mol. The number of hydrogen-bond acceptors (Lipinski definition) is 7. The molecule has 202 valence electrons. The van der Waals surface area contributed by atoms with Crippen molar-refractivity contribution >= 4 is 21.7 Å². The molecule has 1 amide bonds.